The monoisotopic (exact) mass is 320 g/mol. The standard InChI is InChI=1S/C17H21FN2O3/c1-20(12-17(21)22)9-4-2-3-8-15-11-16(19-23-15)13-6-5-7-14(18)10-13/h5-7,10-11H,2-4,8-9,12H2,1H3,(H,21,22). The quantitative estimate of drug-likeness (QED) is 0.719. The van der Waals surface area contributed by atoms with Crippen molar-refractivity contribution in [2.45, 2.75) is 25.7 Å². The summed E-state index contributed by atoms with van der Waals surface area (Å²) in [5.41, 5.74) is 1.34. The normalized spacial score (nSPS) is 11.1. The topological polar surface area (TPSA) is 66.6 Å². The zero-order valence-corrected chi connectivity index (χ0v) is 13.2. The zero-order valence-electron chi connectivity index (χ0n) is 13.2. The van der Waals surface area contributed by atoms with Crippen molar-refractivity contribution in [2.24, 2.45) is 0 Å². The van der Waals surface area contributed by atoms with E-state index in [4.69, 9.17) is 9.63 Å². The van der Waals surface area contributed by atoms with E-state index < -0.39 is 5.97 Å². The van der Waals surface area contributed by atoms with Crippen LogP contribution in [0.2, 0.25) is 0 Å². The molecule has 6 heteroatoms. The first kappa shape index (κ1) is 17.1. The number of hydrogen-bond donors (Lipinski definition) is 1. The number of aromatic nitrogens is 1. The molecule has 1 aromatic heterocycles. The van der Waals surface area contributed by atoms with E-state index in [1.165, 1.54) is 12.1 Å². The second kappa shape index (κ2) is 8.43. The van der Waals surface area contributed by atoms with Gasteiger partial charge in [-0.15, -0.1) is 0 Å². The highest BCUT2D eigenvalue weighted by atomic mass is 19.1. The van der Waals surface area contributed by atoms with Gasteiger partial charge < -0.3 is 9.63 Å². The first-order valence-electron chi connectivity index (χ1n) is 7.66. The van der Waals surface area contributed by atoms with Crippen LogP contribution in [0.5, 0.6) is 0 Å². The molecule has 0 bridgehead atoms. The molecule has 0 aliphatic heterocycles. The Balaban J connectivity index is 1.72. The number of aryl methyl sites for hydroxylation is 1. The molecule has 0 saturated carbocycles. The van der Waals surface area contributed by atoms with Crippen molar-refractivity contribution in [1.82, 2.24) is 10.1 Å². The lowest BCUT2D eigenvalue weighted by molar-refractivity contribution is -0.137. The van der Waals surface area contributed by atoms with Gasteiger partial charge in [0.1, 0.15) is 17.3 Å². The van der Waals surface area contributed by atoms with Crippen LogP contribution in [0.1, 0.15) is 25.0 Å². The second-order valence-corrected chi connectivity index (χ2v) is 5.63. The van der Waals surface area contributed by atoms with Crippen molar-refractivity contribution in [3.05, 3.63) is 41.9 Å². The lowest BCUT2D eigenvalue weighted by Gasteiger charge is -2.12. The predicted octanol–water partition coefficient (Wildman–Crippen LogP) is 3.21. The van der Waals surface area contributed by atoms with Crippen molar-refractivity contribution in [2.75, 3.05) is 20.1 Å². The van der Waals surface area contributed by atoms with E-state index in [0.29, 0.717) is 11.3 Å². The summed E-state index contributed by atoms with van der Waals surface area (Å²) in [5.74, 6) is -0.320. The summed E-state index contributed by atoms with van der Waals surface area (Å²) in [6.45, 7) is 0.830. The van der Waals surface area contributed by atoms with Gasteiger partial charge >= 0.3 is 5.97 Å². The van der Waals surface area contributed by atoms with E-state index in [-0.39, 0.29) is 12.4 Å². The number of carboxylic acid groups (broad SMARTS) is 1. The molecule has 0 aliphatic rings. The van der Waals surface area contributed by atoms with Gasteiger partial charge in [-0.2, -0.15) is 0 Å². The van der Waals surface area contributed by atoms with Crippen LogP contribution in [0.4, 0.5) is 4.39 Å². The average Bonchev–Trinajstić information content (AvgIpc) is 2.95. The fourth-order valence-corrected chi connectivity index (χ4v) is 2.38. The number of aliphatic carboxylic acids is 1. The van der Waals surface area contributed by atoms with Gasteiger partial charge in [-0.05, 0) is 38.6 Å². The second-order valence-electron chi connectivity index (χ2n) is 5.63. The molecule has 0 radical (unpaired) electrons. The van der Waals surface area contributed by atoms with Crippen molar-refractivity contribution in [3.8, 4) is 11.3 Å². The van der Waals surface area contributed by atoms with Crippen LogP contribution in [-0.4, -0.2) is 41.3 Å². The fourth-order valence-electron chi connectivity index (χ4n) is 2.38. The van der Waals surface area contributed by atoms with Crippen molar-refractivity contribution in [1.29, 1.82) is 0 Å². The Kier molecular flexibility index (Phi) is 6.29. The average molecular weight is 320 g/mol. The van der Waals surface area contributed by atoms with Crippen molar-refractivity contribution in [3.63, 3.8) is 0 Å². The summed E-state index contributed by atoms with van der Waals surface area (Å²) in [5, 5.41) is 12.6. The molecule has 0 spiro atoms. The Morgan fingerprint density at radius 1 is 1.30 bits per heavy atom. The molecule has 0 unspecified atom stereocenters. The van der Waals surface area contributed by atoms with Gasteiger partial charge in [-0.1, -0.05) is 23.7 Å². The fraction of sp³-hybridized carbons (Fsp3) is 0.412. The van der Waals surface area contributed by atoms with Crippen LogP contribution in [0.15, 0.2) is 34.9 Å². The summed E-state index contributed by atoms with van der Waals surface area (Å²) in [6.07, 6.45) is 3.64. The molecule has 1 heterocycles. The molecule has 0 saturated heterocycles. The van der Waals surface area contributed by atoms with Gasteiger partial charge in [-0.3, -0.25) is 9.69 Å². The first-order chi connectivity index (χ1) is 11.0. The predicted molar refractivity (Wildman–Crippen MR) is 84.6 cm³/mol. The number of benzene rings is 1. The largest absolute Gasteiger partial charge is 0.480 e. The Labute approximate surface area is 134 Å². The van der Waals surface area contributed by atoms with Crippen LogP contribution in [0.3, 0.4) is 0 Å². The first-order valence-corrected chi connectivity index (χ1v) is 7.66. The summed E-state index contributed by atoms with van der Waals surface area (Å²) < 4.78 is 18.5. The molecule has 124 valence electrons. The molecule has 0 aliphatic carbocycles. The Morgan fingerprint density at radius 3 is 2.87 bits per heavy atom. The highest BCUT2D eigenvalue weighted by Crippen LogP contribution is 2.20. The van der Waals surface area contributed by atoms with Gasteiger partial charge in [-0.25, -0.2) is 4.39 Å². The lowest BCUT2D eigenvalue weighted by Crippen LogP contribution is -2.26. The number of rotatable bonds is 9. The maximum Gasteiger partial charge on any atom is 0.317 e. The number of carboxylic acids is 1. The third kappa shape index (κ3) is 5.83. The third-order valence-corrected chi connectivity index (χ3v) is 3.55. The van der Waals surface area contributed by atoms with Crippen LogP contribution >= 0.6 is 0 Å². The Morgan fingerprint density at radius 2 is 2.13 bits per heavy atom. The van der Waals surface area contributed by atoms with Crippen LogP contribution in [-0.2, 0) is 11.2 Å². The highest BCUT2D eigenvalue weighted by molar-refractivity contribution is 5.69. The molecule has 1 N–H and O–H groups in total. The van der Waals surface area contributed by atoms with E-state index in [0.717, 1.165) is 38.0 Å². The van der Waals surface area contributed by atoms with E-state index in [1.54, 1.807) is 24.1 Å². The van der Waals surface area contributed by atoms with Crippen LogP contribution in [0.25, 0.3) is 11.3 Å². The van der Waals surface area contributed by atoms with Crippen LogP contribution < -0.4 is 0 Å². The van der Waals surface area contributed by atoms with Crippen molar-refractivity contribution >= 4 is 5.97 Å². The Hall–Kier alpha value is -2.21. The molecule has 2 rings (SSSR count). The minimum absolute atomic E-state index is 0.0686. The van der Waals surface area contributed by atoms with E-state index in [2.05, 4.69) is 5.16 Å². The lowest BCUT2D eigenvalue weighted by atomic mass is 10.1. The van der Waals surface area contributed by atoms with Crippen molar-refractivity contribution < 1.29 is 18.8 Å². The van der Waals surface area contributed by atoms with E-state index in [9.17, 15) is 9.18 Å². The number of likely N-dealkylation sites (N-methyl/N-ethyl adjacent to an activating group) is 1. The summed E-state index contributed by atoms with van der Waals surface area (Å²) >= 11 is 0. The molecule has 23 heavy (non-hydrogen) atoms. The molecule has 0 amide bonds. The summed E-state index contributed by atoms with van der Waals surface area (Å²) in [6, 6.07) is 8.10. The van der Waals surface area contributed by atoms with Gasteiger partial charge in [0.2, 0.25) is 0 Å². The number of carbonyl (C=O) groups is 1. The minimum atomic E-state index is -0.806. The number of unbranched alkanes of at least 4 members (excludes halogenated alkanes) is 2. The highest BCUT2D eigenvalue weighted by Gasteiger charge is 2.08. The molecular formula is C17H21FN2O3. The van der Waals surface area contributed by atoms with E-state index >= 15 is 0 Å². The third-order valence-electron chi connectivity index (χ3n) is 3.55. The molecular weight excluding hydrogens is 299 g/mol. The van der Waals surface area contributed by atoms with Crippen LogP contribution in [0, 0.1) is 5.82 Å². The number of hydrogen-bond acceptors (Lipinski definition) is 4. The summed E-state index contributed by atoms with van der Waals surface area (Å²) in [7, 11) is 1.80. The molecule has 0 fully saturated rings. The van der Waals surface area contributed by atoms with Gasteiger partial charge in [0.15, 0.2) is 0 Å². The Bertz CT molecular complexity index is 642. The maximum atomic E-state index is 13.2. The van der Waals surface area contributed by atoms with Gasteiger partial charge in [0, 0.05) is 18.1 Å². The maximum absolute atomic E-state index is 13.2. The molecule has 1 aromatic carbocycles. The summed E-state index contributed by atoms with van der Waals surface area (Å²) in [4.78, 5) is 12.3. The molecule has 0 atom stereocenters. The molecule has 5 nitrogen and oxygen atoms in total. The molecule has 2 aromatic rings. The number of halogens is 1. The van der Waals surface area contributed by atoms with E-state index in [1.807, 2.05) is 6.07 Å². The van der Waals surface area contributed by atoms with Gasteiger partial charge in [0.05, 0.1) is 6.54 Å². The SMILES string of the molecule is CN(CCCCCc1cc(-c2cccc(F)c2)no1)CC(=O)O. The number of nitrogens with zero attached hydrogens (tertiary/aromatic N) is 2. The minimum Gasteiger partial charge on any atom is -0.480 e. The smallest absolute Gasteiger partial charge is 0.317 e. The zero-order chi connectivity index (χ0) is 16.7. The van der Waals surface area contributed by atoms with Gasteiger partial charge in [0.25, 0.3) is 0 Å².